The molecule has 0 amide bonds. The summed E-state index contributed by atoms with van der Waals surface area (Å²) in [6.45, 7) is 2.99. The van der Waals surface area contributed by atoms with Gasteiger partial charge in [-0.2, -0.15) is 5.26 Å². The highest BCUT2D eigenvalue weighted by Crippen LogP contribution is 2.48. The molecule has 0 heterocycles. The number of nitrogens with zero attached hydrogens (tertiary/aromatic N) is 2. The normalized spacial score (nSPS) is 29.6. The fourth-order valence-corrected chi connectivity index (χ4v) is 2.82. The Morgan fingerprint density at radius 2 is 2.25 bits per heavy atom. The third kappa shape index (κ3) is 3.67. The third-order valence-corrected chi connectivity index (χ3v) is 3.48. The first-order valence-electron chi connectivity index (χ1n) is 5.86. The second-order valence-electron chi connectivity index (χ2n) is 4.39. The molecule has 0 aliphatic heterocycles. The van der Waals surface area contributed by atoms with Crippen molar-refractivity contribution in [3.05, 3.63) is 0 Å². The average Bonchev–Trinajstić information content (AvgIpc) is 2.90. The molecule has 2 aliphatic carbocycles. The van der Waals surface area contributed by atoms with Gasteiger partial charge in [0.2, 0.25) is 6.08 Å². The van der Waals surface area contributed by atoms with Crippen molar-refractivity contribution in [2.45, 2.75) is 32.6 Å². The molecule has 0 aromatic carbocycles. The highest BCUT2D eigenvalue weighted by atomic mass is 16.5. The smallest absolute Gasteiger partial charge is 0.286 e. The Bertz CT molecular complexity index is 292. The van der Waals surface area contributed by atoms with E-state index >= 15 is 0 Å². The van der Waals surface area contributed by atoms with E-state index in [1.165, 1.54) is 31.9 Å². The average molecular weight is 222 g/mol. The number of nitriles is 1. The lowest BCUT2D eigenvalue weighted by atomic mass is 9.89. The van der Waals surface area contributed by atoms with Crippen molar-refractivity contribution in [2.24, 2.45) is 22.7 Å². The summed E-state index contributed by atoms with van der Waals surface area (Å²) in [5, 5.41) is 7.59. The van der Waals surface area contributed by atoms with Crippen molar-refractivity contribution in [2.75, 3.05) is 13.2 Å². The molecule has 0 spiro atoms. The Balaban J connectivity index is 0.000000221. The van der Waals surface area contributed by atoms with Crippen LogP contribution in [0.15, 0.2) is 4.99 Å². The molecule has 0 N–H and O–H groups in total. The molecule has 3 unspecified atom stereocenters. The Morgan fingerprint density at radius 1 is 1.44 bits per heavy atom. The SMILES string of the molecule is CCOC#N.O=C=NCC1CC2CCC1C2. The van der Waals surface area contributed by atoms with E-state index in [0.29, 0.717) is 6.61 Å². The van der Waals surface area contributed by atoms with Gasteiger partial charge in [-0.15, -0.1) is 0 Å². The van der Waals surface area contributed by atoms with Gasteiger partial charge in [-0.05, 0) is 43.9 Å². The summed E-state index contributed by atoms with van der Waals surface area (Å²) < 4.78 is 4.14. The number of hydrogen-bond donors (Lipinski definition) is 0. The van der Waals surface area contributed by atoms with Crippen LogP contribution >= 0.6 is 0 Å². The van der Waals surface area contributed by atoms with E-state index < -0.39 is 0 Å². The number of isocyanates is 1. The number of ether oxygens (including phenoxy) is 1. The van der Waals surface area contributed by atoms with Crippen LogP contribution in [0.25, 0.3) is 0 Å². The van der Waals surface area contributed by atoms with E-state index in [1.54, 1.807) is 13.0 Å². The molecule has 0 aromatic heterocycles. The molecule has 2 aliphatic rings. The molecule has 2 saturated carbocycles. The fourth-order valence-electron chi connectivity index (χ4n) is 2.82. The summed E-state index contributed by atoms with van der Waals surface area (Å²) in [7, 11) is 0. The predicted octanol–water partition coefficient (Wildman–Crippen LogP) is 2.26. The number of rotatable bonds is 3. The van der Waals surface area contributed by atoms with E-state index in [1.807, 2.05) is 0 Å². The number of aliphatic imine (C=N–C) groups is 1. The molecular formula is C12H18N2O2. The second kappa shape index (κ2) is 7.03. The number of hydrogen-bond acceptors (Lipinski definition) is 4. The molecular weight excluding hydrogens is 204 g/mol. The van der Waals surface area contributed by atoms with Gasteiger partial charge in [-0.3, -0.25) is 0 Å². The largest absolute Gasteiger partial charge is 0.428 e. The van der Waals surface area contributed by atoms with Gasteiger partial charge in [0, 0.05) is 0 Å². The van der Waals surface area contributed by atoms with E-state index in [4.69, 9.17) is 5.26 Å². The van der Waals surface area contributed by atoms with Crippen molar-refractivity contribution in [1.82, 2.24) is 0 Å². The monoisotopic (exact) mass is 222 g/mol. The summed E-state index contributed by atoms with van der Waals surface area (Å²) in [6.07, 6.45) is 8.66. The predicted molar refractivity (Wildman–Crippen MR) is 59.2 cm³/mol. The Labute approximate surface area is 96.3 Å². The topological polar surface area (TPSA) is 62.4 Å². The van der Waals surface area contributed by atoms with Crippen LogP contribution in [-0.2, 0) is 9.53 Å². The first-order chi connectivity index (χ1) is 7.81. The highest BCUT2D eigenvalue weighted by Gasteiger charge is 2.38. The van der Waals surface area contributed by atoms with Crippen LogP contribution in [0.4, 0.5) is 0 Å². The zero-order chi connectivity index (χ0) is 11.8. The van der Waals surface area contributed by atoms with Gasteiger partial charge >= 0.3 is 0 Å². The fraction of sp³-hybridized carbons (Fsp3) is 0.833. The van der Waals surface area contributed by atoms with Gasteiger partial charge in [-0.1, -0.05) is 6.42 Å². The van der Waals surface area contributed by atoms with Gasteiger partial charge < -0.3 is 4.74 Å². The van der Waals surface area contributed by atoms with Crippen LogP contribution < -0.4 is 0 Å². The molecule has 0 radical (unpaired) electrons. The lowest BCUT2D eigenvalue weighted by Gasteiger charge is -2.18. The van der Waals surface area contributed by atoms with Crippen LogP contribution in [0.5, 0.6) is 0 Å². The van der Waals surface area contributed by atoms with Gasteiger partial charge in [0.15, 0.2) is 0 Å². The first-order valence-corrected chi connectivity index (χ1v) is 5.86. The zero-order valence-corrected chi connectivity index (χ0v) is 9.69. The minimum atomic E-state index is 0.483. The zero-order valence-electron chi connectivity index (χ0n) is 9.69. The van der Waals surface area contributed by atoms with Crippen LogP contribution in [-0.4, -0.2) is 19.2 Å². The van der Waals surface area contributed by atoms with E-state index in [-0.39, 0.29) is 0 Å². The van der Waals surface area contributed by atoms with Crippen molar-refractivity contribution >= 4 is 6.08 Å². The summed E-state index contributed by atoms with van der Waals surface area (Å²) in [5.74, 6) is 2.57. The quantitative estimate of drug-likeness (QED) is 0.418. The van der Waals surface area contributed by atoms with Gasteiger partial charge in [-0.25, -0.2) is 9.79 Å². The maximum Gasteiger partial charge on any atom is 0.286 e. The molecule has 3 atom stereocenters. The molecule has 88 valence electrons. The molecule has 2 rings (SSSR count). The van der Waals surface area contributed by atoms with Crippen molar-refractivity contribution in [3.63, 3.8) is 0 Å². The molecule has 2 bridgehead atoms. The molecule has 0 aromatic rings. The standard InChI is InChI=1S/C9H13NO.C3H5NO/c11-6-10-5-9-4-7-1-2-8(9)3-7;1-2-5-3-4/h7-9H,1-5H2;2H2,1H3. The van der Waals surface area contributed by atoms with Crippen molar-refractivity contribution in [1.29, 1.82) is 5.26 Å². The van der Waals surface area contributed by atoms with Gasteiger partial charge in [0.1, 0.15) is 0 Å². The highest BCUT2D eigenvalue weighted by molar-refractivity contribution is 5.32. The maximum absolute atomic E-state index is 9.88. The maximum atomic E-state index is 9.88. The molecule has 2 fully saturated rings. The Morgan fingerprint density at radius 3 is 2.62 bits per heavy atom. The summed E-state index contributed by atoms with van der Waals surface area (Å²) >= 11 is 0. The number of carbonyl (C=O) groups excluding carboxylic acids is 1. The number of fused-ring (bicyclic) bond motifs is 2. The van der Waals surface area contributed by atoms with Crippen LogP contribution in [0.1, 0.15) is 32.6 Å². The lowest BCUT2D eigenvalue weighted by Crippen LogP contribution is -2.13. The Kier molecular flexibility index (Phi) is 5.60. The van der Waals surface area contributed by atoms with E-state index in [0.717, 1.165) is 24.3 Å². The molecule has 0 saturated heterocycles. The van der Waals surface area contributed by atoms with Crippen molar-refractivity contribution in [3.8, 4) is 6.26 Å². The van der Waals surface area contributed by atoms with Gasteiger partial charge in [0.05, 0.1) is 13.2 Å². The molecule has 4 heteroatoms. The van der Waals surface area contributed by atoms with Crippen LogP contribution in [0.3, 0.4) is 0 Å². The second-order valence-corrected chi connectivity index (χ2v) is 4.39. The van der Waals surface area contributed by atoms with E-state index in [9.17, 15) is 4.79 Å². The van der Waals surface area contributed by atoms with Gasteiger partial charge in [0.25, 0.3) is 6.26 Å². The summed E-state index contributed by atoms with van der Waals surface area (Å²) in [4.78, 5) is 13.5. The summed E-state index contributed by atoms with van der Waals surface area (Å²) in [5.41, 5.74) is 0. The molecule has 4 nitrogen and oxygen atoms in total. The Hall–Kier alpha value is -1.33. The minimum Gasteiger partial charge on any atom is -0.428 e. The third-order valence-electron chi connectivity index (χ3n) is 3.48. The van der Waals surface area contributed by atoms with E-state index in [2.05, 4.69) is 9.73 Å². The minimum absolute atomic E-state index is 0.483. The van der Waals surface area contributed by atoms with Crippen molar-refractivity contribution < 1.29 is 9.53 Å². The molecule has 16 heavy (non-hydrogen) atoms. The lowest BCUT2D eigenvalue weighted by molar-refractivity contribution is 0.291. The summed E-state index contributed by atoms with van der Waals surface area (Å²) in [6, 6.07) is 0. The van der Waals surface area contributed by atoms with Crippen LogP contribution in [0, 0.1) is 29.3 Å². The van der Waals surface area contributed by atoms with Crippen LogP contribution in [0.2, 0.25) is 0 Å². The first kappa shape index (κ1) is 12.7.